The van der Waals surface area contributed by atoms with E-state index in [9.17, 15) is 23.7 Å². The molecule has 2 unspecified atom stereocenters. The fourth-order valence-corrected chi connectivity index (χ4v) is 6.89. The van der Waals surface area contributed by atoms with Gasteiger partial charge in [-0.1, -0.05) is 47.7 Å². The van der Waals surface area contributed by atoms with E-state index in [1.165, 1.54) is 0 Å². The molecular weight excluding hydrogens is 791 g/mol. The molecule has 2 aliphatic heterocycles. The van der Waals surface area contributed by atoms with Crippen LogP contribution in [0.2, 0.25) is 0 Å². The second-order valence-corrected chi connectivity index (χ2v) is 15.0. The normalized spacial score (nSPS) is 15.8. The van der Waals surface area contributed by atoms with E-state index < -0.39 is 13.8 Å². The van der Waals surface area contributed by atoms with Gasteiger partial charge in [0, 0.05) is 50.1 Å². The molecule has 326 valence electrons. The Labute approximate surface area is 344 Å². The summed E-state index contributed by atoms with van der Waals surface area (Å²) in [6.07, 6.45) is 2.52. The zero-order chi connectivity index (χ0) is 42.3. The van der Waals surface area contributed by atoms with Crippen molar-refractivity contribution in [3.05, 3.63) is 65.2 Å². The summed E-state index contributed by atoms with van der Waals surface area (Å²) in [5.41, 5.74) is 3.60. The molecule has 59 heavy (non-hydrogen) atoms. The van der Waals surface area contributed by atoms with Crippen molar-refractivity contribution in [2.75, 3.05) is 84.0 Å². The van der Waals surface area contributed by atoms with Gasteiger partial charge in [0.2, 0.25) is 17.7 Å². The largest absolute Gasteiger partial charge is 0.481 e. The quantitative estimate of drug-likeness (QED) is 0.0580. The van der Waals surface area contributed by atoms with E-state index in [-0.39, 0.29) is 81.7 Å². The Kier molecular flexibility index (Phi) is 20.9. The molecule has 2 aromatic carbocycles. The molecule has 0 spiro atoms. The lowest BCUT2D eigenvalue weighted by Crippen LogP contribution is -2.35. The van der Waals surface area contributed by atoms with Crippen molar-refractivity contribution >= 4 is 37.2 Å². The number of carbonyl (C=O) groups is 4. The monoisotopic (exact) mass is 848 g/mol. The number of phosphoric acid groups is 1. The highest BCUT2D eigenvalue weighted by Gasteiger charge is 2.40. The van der Waals surface area contributed by atoms with Gasteiger partial charge in [-0.05, 0) is 42.9 Å². The number of unbranched alkanes of at least 4 members (excludes halogenated alkanes) is 1. The van der Waals surface area contributed by atoms with Crippen LogP contribution in [0.15, 0.2) is 58.9 Å². The highest BCUT2D eigenvalue weighted by atomic mass is 31.2. The molecular formula is C39H57N6O13P. The van der Waals surface area contributed by atoms with E-state index in [4.69, 9.17) is 33.8 Å². The number of hydrogen-bond donors (Lipinski definition) is 5. The molecule has 5 N–H and O–H groups in total. The summed E-state index contributed by atoms with van der Waals surface area (Å²) in [6.45, 7) is 3.89. The molecule has 0 aliphatic carbocycles. The Morgan fingerprint density at radius 3 is 1.98 bits per heavy atom. The topological polar surface area (TPSA) is 247 Å². The maximum absolute atomic E-state index is 13.9. The summed E-state index contributed by atoms with van der Waals surface area (Å²) in [7, 11) is -4.54. The molecule has 0 fully saturated rings. The second-order valence-electron chi connectivity index (χ2n) is 13.8. The number of rotatable bonds is 29. The standard InChI is InChI=1S/C39H57N6O13P/c46-34(41-18-22-55-24-26-57-28-27-56-25-23-54-21-16-37(49)50)13-5-6-15-36(48)44-29-30-9-1-2-10-31(30)38-39(32-11-3-4-12-33(32)44)45(43-42-38)19-7-14-35(47)40-17-8-20-58-59(51,52)53/h1-4,9-12,38-39H,5-8,13-29H2,(H,40,47)(H,41,46)(H,49,50)(H2,51,52,53). The van der Waals surface area contributed by atoms with Crippen LogP contribution in [0.4, 0.5) is 5.69 Å². The number of para-hydroxylation sites is 1. The average Bonchev–Trinajstić information content (AvgIpc) is 3.61. The number of carboxylic acids is 1. The van der Waals surface area contributed by atoms with Gasteiger partial charge >= 0.3 is 13.8 Å². The molecule has 0 saturated carbocycles. The number of fused-ring (bicyclic) bond motifs is 5. The predicted molar refractivity (Wildman–Crippen MR) is 213 cm³/mol. The van der Waals surface area contributed by atoms with Crippen LogP contribution < -0.4 is 15.5 Å². The Morgan fingerprint density at radius 1 is 0.695 bits per heavy atom. The average molecular weight is 849 g/mol. The Morgan fingerprint density at radius 2 is 1.29 bits per heavy atom. The number of phosphoric ester groups is 1. The van der Waals surface area contributed by atoms with E-state index in [1.54, 1.807) is 4.90 Å². The van der Waals surface area contributed by atoms with Crippen molar-refractivity contribution in [2.45, 2.75) is 70.0 Å². The second kappa shape index (κ2) is 26.0. The number of aliphatic carboxylic acids is 1. The van der Waals surface area contributed by atoms with Gasteiger partial charge in [0.25, 0.3) is 0 Å². The number of hydrogen-bond acceptors (Lipinski definition) is 13. The smallest absolute Gasteiger partial charge is 0.469 e. The van der Waals surface area contributed by atoms with E-state index in [1.807, 2.05) is 53.5 Å². The molecule has 0 aromatic heterocycles. The minimum Gasteiger partial charge on any atom is -0.481 e. The molecule has 2 atom stereocenters. The predicted octanol–water partition coefficient (Wildman–Crippen LogP) is 3.61. The fourth-order valence-electron chi connectivity index (χ4n) is 6.52. The Hall–Kier alpha value is -4.33. The molecule has 0 bridgehead atoms. The van der Waals surface area contributed by atoms with Crippen molar-refractivity contribution in [1.82, 2.24) is 15.6 Å². The third-order valence-corrected chi connectivity index (χ3v) is 9.86. The van der Waals surface area contributed by atoms with Crippen LogP contribution in [0, 0.1) is 0 Å². The Bertz CT molecular complexity index is 1710. The van der Waals surface area contributed by atoms with Crippen LogP contribution >= 0.6 is 7.82 Å². The fraction of sp³-hybridized carbons (Fsp3) is 0.590. The summed E-state index contributed by atoms with van der Waals surface area (Å²) in [6, 6.07) is 15.0. The number of carbonyl (C=O) groups excluding carboxylic acids is 3. The molecule has 0 radical (unpaired) electrons. The van der Waals surface area contributed by atoms with Gasteiger partial charge in [-0.2, -0.15) is 5.11 Å². The number of benzene rings is 2. The van der Waals surface area contributed by atoms with Crippen LogP contribution in [0.3, 0.4) is 0 Å². The first-order chi connectivity index (χ1) is 28.5. The molecule has 4 rings (SSSR count). The van der Waals surface area contributed by atoms with Gasteiger partial charge in [-0.25, -0.2) is 4.57 Å². The molecule has 19 nitrogen and oxygen atoms in total. The van der Waals surface area contributed by atoms with Crippen molar-refractivity contribution in [3.8, 4) is 0 Å². The Balaban J connectivity index is 1.17. The van der Waals surface area contributed by atoms with E-state index in [2.05, 4.69) is 25.5 Å². The third kappa shape index (κ3) is 17.4. The molecule has 3 amide bonds. The minimum atomic E-state index is -4.54. The highest BCUT2D eigenvalue weighted by Crippen LogP contribution is 2.48. The number of anilines is 1. The third-order valence-electron chi connectivity index (χ3n) is 9.34. The molecule has 2 aliphatic rings. The van der Waals surface area contributed by atoms with Gasteiger partial charge in [0.15, 0.2) is 0 Å². The summed E-state index contributed by atoms with van der Waals surface area (Å²) in [5.74, 6) is -1.27. The van der Waals surface area contributed by atoms with Crippen LogP contribution in [0.1, 0.15) is 80.1 Å². The first kappa shape index (κ1) is 47.3. The van der Waals surface area contributed by atoms with Crippen molar-refractivity contribution in [1.29, 1.82) is 0 Å². The van der Waals surface area contributed by atoms with Gasteiger partial charge in [-0.15, -0.1) is 0 Å². The van der Waals surface area contributed by atoms with Gasteiger partial charge < -0.3 is 49.4 Å². The van der Waals surface area contributed by atoms with Crippen LogP contribution in [0.5, 0.6) is 0 Å². The van der Waals surface area contributed by atoms with Crippen molar-refractivity contribution in [3.63, 3.8) is 0 Å². The maximum atomic E-state index is 13.9. The molecule has 0 saturated heterocycles. The number of nitrogens with zero attached hydrogens (tertiary/aromatic N) is 4. The highest BCUT2D eigenvalue weighted by molar-refractivity contribution is 7.46. The van der Waals surface area contributed by atoms with Gasteiger partial charge in [-0.3, -0.25) is 28.7 Å². The van der Waals surface area contributed by atoms with Crippen LogP contribution in [0.25, 0.3) is 0 Å². The summed E-state index contributed by atoms with van der Waals surface area (Å²) in [5, 5.41) is 25.2. The summed E-state index contributed by atoms with van der Waals surface area (Å²) in [4.78, 5) is 68.7. The molecule has 2 heterocycles. The van der Waals surface area contributed by atoms with Gasteiger partial charge in [0.1, 0.15) is 12.1 Å². The first-order valence-electron chi connectivity index (χ1n) is 19.9. The lowest BCUT2D eigenvalue weighted by Gasteiger charge is -2.35. The SMILES string of the molecule is O=C(O)CCOCCOCCOCCOCCNC(=O)CCCCC(=O)N1Cc2ccccc2C2N=NN(CCCC(=O)NCCCOP(=O)(O)O)C2c2ccccc21. The van der Waals surface area contributed by atoms with Crippen LogP contribution in [-0.4, -0.2) is 123 Å². The zero-order valence-electron chi connectivity index (χ0n) is 33.3. The number of carboxylic acid groups (broad SMARTS) is 1. The maximum Gasteiger partial charge on any atom is 0.469 e. The molecule has 2 aromatic rings. The van der Waals surface area contributed by atoms with E-state index in [0.717, 1.165) is 22.4 Å². The number of nitrogens with one attached hydrogen (secondary N) is 2. The summed E-state index contributed by atoms with van der Waals surface area (Å²) >= 11 is 0. The number of amides is 3. The summed E-state index contributed by atoms with van der Waals surface area (Å²) < 4.78 is 36.7. The van der Waals surface area contributed by atoms with E-state index >= 15 is 0 Å². The first-order valence-corrected chi connectivity index (χ1v) is 21.5. The zero-order valence-corrected chi connectivity index (χ0v) is 34.2. The lowest BCUT2D eigenvalue weighted by molar-refractivity contribution is -0.138. The number of ether oxygens (including phenoxy) is 4. The lowest BCUT2D eigenvalue weighted by atomic mass is 9.87. The minimum absolute atomic E-state index is 0.0363. The molecule has 20 heteroatoms. The van der Waals surface area contributed by atoms with Crippen molar-refractivity contribution < 1.29 is 62.1 Å². The van der Waals surface area contributed by atoms with Gasteiger partial charge in [0.05, 0.1) is 72.4 Å². The van der Waals surface area contributed by atoms with E-state index in [0.29, 0.717) is 85.1 Å². The van der Waals surface area contributed by atoms with Crippen LogP contribution in [-0.2, 0) is 53.8 Å². The van der Waals surface area contributed by atoms with Crippen molar-refractivity contribution in [2.24, 2.45) is 10.3 Å².